The van der Waals surface area contributed by atoms with E-state index in [2.05, 4.69) is 13.0 Å². The van der Waals surface area contributed by atoms with Crippen LogP contribution < -0.4 is 0 Å². The summed E-state index contributed by atoms with van der Waals surface area (Å²) in [5, 5.41) is 28.5. The van der Waals surface area contributed by atoms with Gasteiger partial charge in [0.25, 0.3) is 0 Å². The Balaban J connectivity index is 4.52. The molecule has 0 saturated heterocycles. The maximum Gasteiger partial charge on any atom is 0.311 e. The van der Waals surface area contributed by atoms with E-state index in [0.29, 0.717) is 6.54 Å². The van der Waals surface area contributed by atoms with Gasteiger partial charge >= 0.3 is 17.9 Å². The standard InChI is InChI=1S/C31H57NO6/c1-5-6-7-8-9-10-11-12-13-14-15-16-17-18-19-20-21-22-32(23-26(2)29(33)34,24-27(3)30(35)36)25-28(4)31(37)38/h20-21,26-28H,5-19,22-25H2,1-4H3,(H2-,33,34,35,36,37,38)/p+1/b21-20+. The molecule has 0 fully saturated rings. The summed E-state index contributed by atoms with van der Waals surface area (Å²) in [6.45, 7) is 8.11. The lowest BCUT2D eigenvalue weighted by atomic mass is 10.0. The Hall–Kier alpha value is -1.89. The minimum absolute atomic E-state index is 0.143. The first kappa shape index (κ1) is 36.1. The van der Waals surface area contributed by atoms with Crippen LogP contribution in [0.5, 0.6) is 0 Å². The fourth-order valence-electron chi connectivity index (χ4n) is 5.30. The zero-order chi connectivity index (χ0) is 28.8. The predicted molar refractivity (Wildman–Crippen MR) is 154 cm³/mol. The maximum atomic E-state index is 11.6. The van der Waals surface area contributed by atoms with E-state index in [0.717, 1.165) is 12.8 Å². The van der Waals surface area contributed by atoms with Crippen LogP contribution in [0.15, 0.2) is 12.2 Å². The molecule has 7 heteroatoms. The Bertz CT molecular complexity index is 622. The molecule has 0 spiro atoms. The normalized spacial score (nSPS) is 15.7. The molecule has 0 saturated carbocycles. The number of carboxylic acid groups (broad SMARTS) is 3. The lowest BCUT2D eigenvalue weighted by molar-refractivity contribution is -0.928. The molecule has 0 aromatic heterocycles. The highest BCUT2D eigenvalue weighted by atomic mass is 16.4. The number of carbonyl (C=O) groups is 3. The van der Waals surface area contributed by atoms with E-state index < -0.39 is 35.7 Å². The van der Waals surface area contributed by atoms with E-state index in [1.54, 1.807) is 20.8 Å². The smallest absolute Gasteiger partial charge is 0.311 e. The van der Waals surface area contributed by atoms with Crippen LogP contribution in [0.2, 0.25) is 0 Å². The number of aliphatic carboxylic acids is 3. The van der Waals surface area contributed by atoms with E-state index in [4.69, 9.17) is 0 Å². The number of hydrogen-bond acceptors (Lipinski definition) is 3. The molecular formula is C31H58NO6+. The van der Waals surface area contributed by atoms with Crippen molar-refractivity contribution in [2.24, 2.45) is 17.8 Å². The van der Waals surface area contributed by atoms with Crippen molar-refractivity contribution < 1.29 is 34.2 Å². The van der Waals surface area contributed by atoms with Crippen LogP contribution in [0.3, 0.4) is 0 Å². The molecule has 222 valence electrons. The van der Waals surface area contributed by atoms with Crippen molar-refractivity contribution in [1.82, 2.24) is 0 Å². The zero-order valence-corrected chi connectivity index (χ0v) is 24.8. The van der Waals surface area contributed by atoms with Crippen molar-refractivity contribution in [3.8, 4) is 0 Å². The number of quaternary nitrogens is 1. The highest BCUT2D eigenvalue weighted by Crippen LogP contribution is 2.21. The molecule has 0 radical (unpaired) electrons. The van der Waals surface area contributed by atoms with Crippen LogP contribution in [0, 0.1) is 17.8 Å². The third-order valence-corrected chi connectivity index (χ3v) is 7.63. The molecule has 0 aromatic rings. The van der Waals surface area contributed by atoms with Crippen molar-refractivity contribution in [3.05, 3.63) is 12.2 Å². The molecule has 0 aliphatic rings. The molecule has 0 aliphatic carbocycles. The van der Waals surface area contributed by atoms with E-state index in [1.807, 2.05) is 6.08 Å². The third kappa shape index (κ3) is 18.4. The van der Waals surface area contributed by atoms with Crippen LogP contribution in [0.1, 0.15) is 124 Å². The van der Waals surface area contributed by atoms with Gasteiger partial charge < -0.3 is 19.8 Å². The van der Waals surface area contributed by atoms with Gasteiger partial charge in [-0.15, -0.1) is 0 Å². The van der Waals surface area contributed by atoms with E-state index in [9.17, 15) is 29.7 Å². The van der Waals surface area contributed by atoms with Gasteiger partial charge in [0.05, 0.1) is 26.2 Å². The number of allylic oxidation sites excluding steroid dienone is 1. The number of hydrogen-bond donors (Lipinski definition) is 3. The Kier molecular flexibility index (Phi) is 20.9. The summed E-state index contributed by atoms with van der Waals surface area (Å²) in [6.07, 6.45) is 23.5. The van der Waals surface area contributed by atoms with Gasteiger partial charge in [0.15, 0.2) is 0 Å². The lowest BCUT2D eigenvalue weighted by Gasteiger charge is -2.41. The largest absolute Gasteiger partial charge is 0.481 e. The first-order chi connectivity index (χ1) is 18.0. The Morgan fingerprint density at radius 2 is 0.868 bits per heavy atom. The molecule has 0 amide bonds. The third-order valence-electron chi connectivity index (χ3n) is 7.63. The molecule has 38 heavy (non-hydrogen) atoms. The lowest BCUT2D eigenvalue weighted by Crippen LogP contribution is -2.57. The molecule has 0 heterocycles. The van der Waals surface area contributed by atoms with Crippen LogP contribution >= 0.6 is 0 Å². The van der Waals surface area contributed by atoms with E-state index >= 15 is 0 Å². The molecular weight excluding hydrogens is 482 g/mol. The second kappa shape index (κ2) is 22.0. The summed E-state index contributed by atoms with van der Waals surface area (Å²) in [5.74, 6) is -4.96. The van der Waals surface area contributed by atoms with Crippen LogP contribution in [-0.4, -0.2) is 63.9 Å². The van der Waals surface area contributed by atoms with Crippen LogP contribution in [0.4, 0.5) is 0 Å². The number of unbranched alkanes of at least 4 members (excludes halogenated alkanes) is 14. The second-order valence-corrected chi connectivity index (χ2v) is 11.6. The van der Waals surface area contributed by atoms with Gasteiger partial charge in [-0.25, -0.2) is 0 Å². The van der Waals surface area contributed by atoms with Crippen molar-refractivity contribution in [3.63, 3.8) is 0 Å². The van der Waals surface area contributed by atoms with Gasteiger partial charge in [-0.05, 0) is 39.7 Å². The zero-order valence-electron chi connectivity index (χ0n) is 24.8. The molecule has 0 rings (SSSR count). The van der Waals surface area contributed by atoms with Gasteiger partial charge in [-0.1, -0.05) is 96.5 Å². The summed E-state index contributed by atoms with van der Waals surface area (Å²) >= 11 is 0. The van der Waals surface area contributed by atoms with Crippen molar-refractivity contribution >= 4 is 17.9 Å². The summed E-state index contributed by atoms with van der Waals surface area (Å²) in [7, 11) is 0. The van der Waals surface area contributed by atoms with Gasteiger partial charge in [0, 0.05) is 0 Å². The SMILES string of the molecule is CCCCCCCCCCCCCCCC/C=C/C[N+](CC(C)C(=O)O)(CC(C)C(=O)O)CC(C)C(=O)O. The summed E-state index contributed by atoms with van der Waals surface area (Å²) in [4.78, 5) is 34.8. The van der Waals surface area contributed by atoms with E-state index in [-0.39, 0.29) is 24.1 Å². The first-order valence-electron chi connectivity index (χ1n) is 15.2. The fraction of sp³-hybridized carbons (Fsp3) is 0.839. The highest BCUT2D eigenvalue weighted by molar-refractivity contribution is 5.70. The first-order valence-corrected chi connectivity index (χ1v) is 15.2. The van der Waals surface area contributed by atoms with Crippen LogP contribution in [0.25, 0.3) is 0 Å². The second-order valence-electron chi connectivity index (χ2n) is 11.6. The molecule has 0 aromatic carbocycles. The molecule has 0 bridgehead atoms. The average Bonchev–Trinajstić information content (AvgIpc) is 2.85. The molecule has 7 nitrogen and oxygen atoms in total. The molecule has 3 N–H and O–H groups in total. The Morgan fingerprint density at radius 1 is 0.553 bits per heavy atom. The highest BCUT2D eigenvalue weighted by Gasteiger charge is 2.37. The summed E-state index contributed by atoms with van der Waals surface area (Å²) < 4.78 is 0.143. The monoisotopic (exact) mass is 540 g/mol. The maximum absolute atomic E-state index is 11.6. The van der Waals surface area contributed by atoms with Crippen molar-refractivity contribution in [1.29, 1.82) is 0 Å². The van der Waals surface area contributed by atoms with Gasteiger partial charge in [0.2, 0.25) is 0 Å². The molecule has 3 unspecified atom stereocenters. The minimum atomic E-state index is -0.954. The van der Waals surface area contributed by atoms with Crippen molar-refractivity contribution in [2.45, 2.75) is 124 Å². The van der Waals surface area contributed by atoms with Crippen LogP contribution in [-0.2, 0) is 14.4 Å². The summed E-state index contributed by atoms with van der Waals surface area (Å²) in [6, 6.07) is 0. The number of rotatable bonds is 26. The van der Waals surface area contributed by atoms with Crippen molar-refractivity contribution in [2.75, 3.05) is 26.2 Å². The number of carboxylic acids is 3. The average molecular weight is 541 g/mol. The predicted octanol–water partition coefficient (Wildman–Crippen LogP) is 7.39. The number of nitrogens with zero attached hydrogens (tertiary/aromatic N) is 1. The van der Waals surface area contributed by atoms with E-state index in [1.165, 1.54) is 83.5 Å². The fourth-order valence-corrected chi connectivity index (χ4v) is 5.30. The summed E-state index contributed by atoms with van der Waals surface area (Å²) in [5.41, 5.74) is 0. The molecule has 3 atom stereocenters. The minimum Gasteiger partial charge on any atom is -0.481 e. The topological polar surface area (TPSA) is 112 Å². The Labute approximate surface area is 232 Å². The van der Waals surface area contributed by atoms with Gasteiger partial charge in [0.1, 0.15) is 17.8 Å². The van der Waals surface area contributed by atoms with Gasteiger partial charge in [-0.2, -0.15) is 0 Å². The molecule has 0 aliphatic heterocycles. The Morgan fingerprint density at radius 3 is 1.18 bits per heavy atom. The van der Waals surface area contributed by atoms with Gasteiger partial charge in [-0.3, -0.25) is 14.4 Å². The quantitative estimate of drug-likeness (QED) is 0.0599.